The van der Waals surface area contributed by atoms with E-state index in [1.165, 1.54) is 154 Å². The lowest BCUT2D eigenvalue weighted by Gasteiger charge is -2.21. The Morgan fingerprint density at radius 1 is 0.280 bits per heavy atom. The first kappa shape index (κ1) is 96.5. The second kappa shape index (κ2) is 73.8. The van der Waals surface area contributed by atoms with Crippen molar-refractivity contribution >= 4 is 39.5 Å². The highest BCUT2D eigenvalue weighted by molar-refractivity contribution is 7.47. The van der Waals surface area contributed by atoms with Crippen molar-refractivity contribution in [2.45, 2.75) is 380 Å². The molecule has 0 aliphatic carbocycles. The predicted octanol–water partition coefficient (Wildman–Crippen LogP) is 23.2. The van der Waals surface area contributed by atoms with Crippen LogP contribution in [-0.2, 0) is 65.4 Å². The van der Waals surface area contributed by atoms with Crippen LogP contribution in [0.25, 0.3) is 0 Å². The van der Waals surface area contributed by atoms with Crippen LogP contribution in [0.5, 0.6) is 0 Å². The van der Waals surface area contributed by atoms with Gasteiger partial charge in [0.05, 0.1) is 26.4 Å². The van der Waals surface area contributed by atoms with Gasteiger partial charge in [-0.05, 0) is 116 Å². The molecule has 0 aliphatic heterocycles. The summed E-state index contributed by atoms with van der Waals surface area (Å²) in [4.78, 5) is 72.9. The fourth-order valence-electron chi connectivity index (χ4n) is 11.0. The molecule has 2 unspecified atom stereocenters. The standard InChI is InChI=1S/C81H146O17P2/c1-5-9-13-17-21-25-29-33-36-37-40-44-48-52-56-60-64-68-81(86)98-77(72-92-79(84)66-62-58-54-50-46-42-38-34-30-26-22-18-14-10-6-2)74-96-100(89,90)94-70-75(82)69-93-99(87,88)95-73-76(71-91-78(83)65-61-57-53-49-45-41-32-28-24-20-16-12-8-4)97-80(85)67-63-59-55-51-47-43-39-35-31-27-23-19-15-11-7-3/h21,25-26,30,33,35-36,39-40,44,52,56,75-77,82H,5-20,22-24,27-29,31-32,34,37-38,41-43,45-51,53-55,57-74H2,1-4H3,(H,87,88)(H,89,90)/b25-21-,30-26-,36-33-,39-35-,44-40-,56-52-/t75-,76+,77+/m0/s1. The van der Waals surface area contributed by atoms with E-state index >= 15 is 0 Å². The van der Waals surface area contributed by atoms with Gasteiger partial charge in [-0.15, -0.1) is 0 Å². The van der Waals surface area contributed by atoms with Crippen molar-refractivity contribution in [2.24, 2.45) is 0 Å². The maximum atomic E-state index is 13.1. The molecule has 17 nitrogen and oxygen atoms in total. The minimum atomic E-state index is -4.99. The fraction of sp³-hybridized carbons (Fsp3) is 0.802. The number of ether oxygens (including phenoxy) is 4. The van der Waals surface area contributed by atoms with Crippen LogP contribution in [0, 0.1) is 0 Å². The van der Waals surface area contributed by atoms with Crippen molar-refractivity contribution in [1.82, 2.24) is 0 Å². The van der Waals surface area contributed by atoms with Crippen LogP contribution in [0.3, 0.4) is 0 Å². The number of allylic oxidation sites excluding steroid dienone is 12. The number of esters is 4. The van der Waals surface area contributed by atoms with Gasteiger partial charge in [0.2, 0.25) is 0 Å². The second-order valence-electron chi connectivity index (χ2n) is 27.0. The van der Waals surface area contributed by atoms with Gasteiger partial charge in [0.1, 0.15) is 19.3 Å². The normalized spacial score (nSPS) is 14.3. The average Bonchev–Trinajstić information content (AvgIpc) is 1.22. The lowest BCUT2D eigenvalue weighted by atomic mass is 10.0. The molecule has 3 N–H and O–H groups in total. The first-order chi connectivity index (χ1) is 48.7. The molecule has 100 heavy (non-hydrogen) atoms. The van der Waals surface area contributed by atoms with Crippen LogP contribution < -0.4 is 0 Å². The van der Waals surface area contributed by atoms with E-state index in [0.29, 0.717) is 32.1 Å². The summed E-state index contributed by atoms with van der Waals surface area (Å²) in [6.45, 7) is 4.81. The molecule has 582 valence electrons. The van der Waals surface area contributed by atoms with E-state index in [1.54, 1.807) is 0 Å². The third kappa shape index (κ3) is 72.8. The van der Waals surface area contributed by atoms with E-state index in [4.69, 9.17) is 37.0 Å². The molecule has 0 saturated heterocycles. The zero-order valence-corrected chi connectivity index (χ0v) is 65.4. The Kier molecular flexibility index (Phi) is 71.2. The lowest BCUT2D eigenvalue weighted by molar-refractivity contribution is -0.161. The summed E-state index contributed by atoms with van der Waals surface area (Å²) in [5.41, 5.74) is 0. The highest BCUT2D eigenvalue weighted by Gasteiger charge is 2.30. The molecule has 0 aromatic carbocycles. The number of hydrogen-bond donors (Lipinski definition) is 3. The summed E-state index contributed by atoms with van der Waals surface area (Å²) < 4.78 is 68.5. The zero-order valence-electron chi connectivity index (χ0n) is 63.6. The van der Waals surface area contributed by atoms with Crippen molar-refractivity contribution in [3.8, 4) is 0 Å². The Hall–Kier alpha value is -3.50. The molecular formula is C81H146O17P2. The summed E-state index contributed by atoms with van der Waals surface area (Å²) >= 11 is 0. The monoisotopic (exact) mass is 1450 g/mol. The quantitative estimate of drug-likeness (QED) is 0.0169. The number of unbranched alkanes of at least 4 members (excludes halogenated alkanes) is 38. The maximum absolute atomic E-state index is 13.1. The highest BCUT2D eigenvalue weighted by Crippen LogP contribution is 2.45. The molecule has 0 aromatic heterocycles. The molecule has 0 aromatic rings. The number of rotatable bonds is 76. The summed E-state index contributed by atoms with van der Waals surface area (Å²) in [7, 11) is -9.96. The molecule has 0 amide bonds. The van der Waals surface area contributed by atoms with Crippen molar-refractivity contribution in [1.29, 1.82) is 0 Å². The minimum absolute atomic E-state index is 0.0210. The van der Waals surface area contributed by atoms with Crippen LogP contribution in [0.2, 0.25) is 0 Å². The van der Waals surface area contributed by atoms with Crippen LogP contribution in [0.15, 0.2) is 72.9 Å². The van der Waals surface area contributed by atoms with Crippen molar-refractivity contribution < 1.29 is 80.2 Å². The number of carbonyl (C=O) groups is 4. The Balaban J connectivity index is 5.39. The first-order valence-electron chi connectivity index (χ1n) is 40.2. The number of hydrogen-bond acceptors (Lipinski definition) is 15. The lowest BCUT2D eigenvalue weighted by Crippen LogP contribution is -2.30. The summed E-state index contributed by atoms with van der Waals surface area (Å²) in [5.74, 6) is -2.23. The van der Waals surface area contributed by atoms with Gasteiger partial charge in [-0.2, -0.15) is 0 Å². The SMILES string of the molecule is CCCCC/C=C\C/C=C\C/C=C\C/C=C\CCCC(=O)O[C@H](COC(=O)CCCCCCCCC/C=C\CCCCCC)COP(=O)(O)OC[C@@H](O)COP(=O)(O)OC[C@@H](COC(=O)CCCCCCCCCCCCCCC)OC(=O)CCCCCCC/C=C\CCCCCCCC. The maximum Gasteiger partial charge on any atom is 0.472 e. The van der Waals surface area contributed by atoms with E-state index in [0.717, 1.165) is 122 Å². The van der Waals surface area contributed by atoms with Gasteiger partial charge in [0.15, 0.2) is 12.2 Å². The molecule has 0 aliphatic rings. The number of aliphatic hydroxyl groups excluding tert-OH is 1. The molecular weight excluding hydrogens is 1310 g/mol. The number of carbonyl (C=O) groups excluding carboxylic acids is 4. The third-order valence-electron chi connectivity index (χ3n) is 17.1. The number of phosphoric acid groups is 2. The Labute approximate surface area is 609 Å². The van der Waals surface area contributed by atoms with E-state index in [-0.39, 0.29) is 25.7 Å². The molecule has 0 spiro atoms. The smallest absolute Gasteiger partial charge is 0.462 e. The Bertz CT molecular complexity index is 2180. The number of phosphoric ester groups is 2. The molecule has 0 bridgehead atoms. The van der Waals surface area contributed by atoms with Gasteiger partial charge in [0.25, 0.3) is 0 Å². The first-order valence-corrected chi connectivity index (χ1v) is 43.2. The summed E-state index contributed by atoms with van der Waals surface area (Å²) in [5, 5.41) is 10.6. The van der Waals surface area contributed by atoms with E-state index < -0.39 is 97.5 Å². The summed E-state index contributed by atoms with van der Waals surface area (Å²) in [6, 6.07) is 0. The van der Waals surface area contributed by atoms with Crippen molar-refractivity contribution in [3.05, 3.63) is 72.9 Å². The average molecular weight is 1450 g/mol. The Morgan fingerprint density at radius 3 is 0.830 bits per heavy atom. The number of aliphatic hydroxyl groups is 1. The topological polar surface area (TPSA) is 237 Å². The van der Waals surface area contributed by atoms with Crippen LogP contribution in [0.4, 0.5) is 0 Å². The summed E-state index contributed by atoms with van der Waals surface area (Å²) in [6.07, 6.45) is 74.5. The van der Waals surface area contributed by atoms with Gasteiger partial charge in [-0.3, -0.25) is 37.3 Å². The fourth-order valence-corrected chi connectivity index (χ4v) is 12.5. The van der Waals surface area contributed by atoms with Crippen LogP contribution >= 0.6 is 15.6 Å². The van der Waals surface area contributed by atoms with Gasteiger partial charge >= 0.3 is 39.5 Å². The van der Waals surface area contributed by atoms with Gasteiger partial charge in [0, 0.05) is 25.7 Å². The molecule has 0 radical (unpaired) electrons. The van der Waals surface area contributed by atoms with E-state index in [2.05, 4.69) is 88.5 Å². The second-order valence-corrected chi connectivity index (χ2v) is 29.9. The molecule has 0 rings (SSSR count). The van der Waals surface area contributed by atoms with Crippen LogP contribution in [-0.4, -0.2) is 96.7 Å². The molecule has 0 saturated carbocycles. The van der Waals surface area contributed by atoms with Gasteiger partial charge < -0.3 is 33.8 Å². The third-order valence-corrected chi connectivity index (χ3v) is 19.0. The predicted molar refractivity (Wildman–Crippen MR) is 409 cm³/mol. The van der Waals surface area contributed by atoms with Crippen LogP contribution in [0.1, 0.15) is 362 Å². The van der Waals surface area contributed by atoms with Gasteiger partial charge in [-0.25, -0.2) is 9.13 Å². The van der Waals surface area contributed by atoms with Crippen molar-refractivity contribution in [2.75, 3.05) is 39.6 Å². The zero-order chi connectivity index (χ0) is 73.2. The van der Waals surface area contributed by atoms with Gasteiger partial charge in [-0.1, -0.05) is 293 Å². The van der Waals surface area contributed by atoms with E-state index in [9.17, 15) is 43.2 Å². The Morgan fingerprint density at radius 2 is 0.500 bits per heavy atom. The van der Waals surface area contributed by atoms with E-state index in [1.807, 2.05) is 12.2 Å². The molecule has 0 heterocycles. The molecule has 19 heteroatoms. The molecule has 5 atom stereocenters. The minimum Gasteiger partial charge on any atom is -0.462 e. The molecule has 0 fully saturated rings. The highest BCUT2D eigenvalue weighted by atomic mass is 31.2. The largest absolute Gasteiger partial charge is 0.472 e. The van der Waals surface area contributed by atoms with Crippen molar-refractivity contribution in [3.63, 3.8) is 0 Å².